The van der Waals surface area contributed by atoms with Gasteiger partial charge in [0.05, 0.1) is 11.8 Å². The third-order valence-electron chi connectivity index (χ3n) is 5.26. The minimum Gasteiger partial charge on any atom is -0.375 e. The normalized spacial score (nSPS) is 23.0. The van der Waals surface area contributed by atoms with Crippen LogP contribution >= 0.6 is 0 Å². The zero-order valence-corrected chi connectivity index (χ0v) is 15.9. The summed E-state index contributed by atoms with van der Waals surface area (Å²) >= 11 is 0. The van der Waals surface area contributed by atoms with Crippen molar-refractivity contribution in [1.29, 1.82) is 0 Å². The van der Waals surface area contributed by atoms with Gasteiger partial charge in [-0.3, -0.25) is 9.48 Å². The van der Waals surface area contributed by atoms with E-state index in [1.54, 1.807) is 4.68 Å². The van der Waals surface area contributed by atoms with Crippen LogP contribution in [0.5, 0.6) is 0 Å². The zero-order valence-electron chi connectivity index (χ0n) is 15.9. The highest BCUT2D eigenvalue weighted by Gasteiger charge is 2.27. The lowest BCUT2D eigenvalue weighted by Gasteiger charge is -2.31. The number of likely N-dealkylation sites (tertiary alicyclic amines) is 1. The molecule has 6 nitrogen and oxygen atoms in total. The summed E-state index contributed by atoms with van der Waals surface area (Å²) in [7, 11) is 1.86. The summed E-state index contributed by atoms with van der Waals surface area (Å²) in [5.74, 6) is 0.406. The van der Waals surface area contributed by atoms with E-state index < -0.39 is 0 Å². The van der Waals surface area contributed by atoms with Gasteiger partial charge < -0.3 is 14.5 Å². The predicted molar refractivity (Wildman–Crippen MR) is 97.8 cm³/mol. The summed E-state index contributed by atoms with van der Waals surface area (Å²) in [6.07, 6.45) is 4.91. The van der Waals surface area contributed by atoms with Crippen molar-refractivity contribution in [2.45, 2.75) is 51.6 Å². The number of hydrogen-bond acceptors (Lipinski definition) is 4. The van der Waals surface area contributed by atoms with Crippen molar-refractivity contribution in [1.82, 2.24) is 19.6 Å². The number of rotatable bonds is 4. The molecular weight excluding hydrogens is 316 g/mol. The molecule has 0 spiro atoms. The van der Waals surface area contributed by atoms with Gasteiger partial charge in [-0.2, -0.15) is 5.10 Å². The van der Waals surface area contributed by atoms with Crippen LogP contribution in [0.1, 0.15) is 61.6 Å². The standard InChI is InChI=1S/C19H32N4O2/c1-15(2)17-12-18(21(3)20-17)19(24)23-10-7-11-25-16(14-23)13-22-8-5-4-6-9-22/h12,15-16H,4-11,13-14H2,1-3H3/t16-/m0/s1. The molecule has 2 fully saturated rings. The number of amides is 1. The van der Waals surface area contributed by atoms with Crippen molar-refractivity contribution in [3.63, 3.8) is 0 Å². The third-order valence-corrected chi connectivity index (χ3v) is 5.26. The summed E-state index contributed by atoms with van der Waals surface area (Å²) in [6.45, 7) is 9.64. The van der Waals surface area contributed by atoms with Crippen LogP contribution in [-0.4, -0.2) is 70.9 Å². The maximum Gasteiger partial charge on any atom is 0.272 e. The summed E-state index contributed by atoms with van der Waals surface area (Å²) in [4.78, 5) is 17.5. The molecule has 0 unspecified atom stereocenters. The number of aromatic nitrogens is 2. The van der Waals surface area contributed by atoms with Crippen LogP contribution < -0.4 is 0 Å². The second-order valence-corrected chi connectivity index (χ2v) is 7.69. The first-order valence-corrected chi connectivity index (χ1v) is 9.71. The average molecular weight is 348 g/mol. The molecule has 0 bridgehead atoms. The largest absolute Gasteiger partial charge is 0.375 e. The molecule has 140 valence electrons. The number of piperidine rings is 1. The molecule has 0 N–H and O–H groups in total. The molecule has 6 heteroatoms. The second-order valence-electron chi connectivity index (χ2n) is 7.69. The van der Waals surface area contributed by atoms with Gasteiger partial charge in [-0.25, -0.2) is 0 Å². The molecule has 1 aromatic rings. The Kier molecular flexibility index (Phi) is 6.12. The highest BCUT2D eigenvalue weighted by molar-refractivity contribution is 5.92. The van der Waals surface area contributed by atoms with Crippen LogP contribution in [0.25, 0.3) is 0 Å². The molecule has 2 saturated heterocycles. The van der Waals surface area contributed by atoms with Gasteiger partial charge >= 0.3 is 0 Å². The highest BCUT2D eigenvalue weighted by atomic mass is 16.5. The van der Waals surface area contributed by atoms with E-state index in [2.05, 4.69) is 23.8 Å². The molecule has 0 saturated carbocycles. The topological polar surface area (TPSA) is 50.6 Å². The SMILES string of the molecule is CC(C)c1cc(C(=O)N2CCCO[C@@H](CN3CCCCC3)C2)n(C)n1. The first-order valence-electron chi connectivity index (χ1n) is 9.71. The van der Waals surface area contributed by atoms with E-state index >= 15 is 0 Å². The van der Waals surface area contributed by atoms with Gasteiger partial charge in [0, 0.05) is 33.3 Å². The molecule has 1 atom stereocenters. The molecule has 2 aliphatic heterocycles. The fourth-order valence-electron chi connectivity index (χ4n) is 3.75. The first-order chi connectivity index (χ1) is 12.0. The molecule has 0 aromatic carbocycles. The zero-order chi connectivity index (χ0) is 17.8. The summed E-state index contributed by atoms with van der Waals surface area (Å²) < 4.78 is 7.76. The van der Waals surface area contributed by atoms with Crippen molar-refractivity contribution in [2.75, 3.05) is 39.3 Å². The van der Waals surface area contributed by atoms with Gasteiger partial charge in [0.2, 0.25) is 0 Å². The van der Waals surface area contributed by atoms with Gasteiger partial charge in [0.1, 0.15) is 5.69 Å². The summed E-state index contributed by atoms with van der Waals surface area (Å²) in [5, 5.41) is 4.49. The van der Waals surface area contributed by atoms with E-state index in [1.807, 2.05) is 18.0 Å². The number of carbonyl (C=O) groups excluding carboxylic acids is 1. The lowest BCUT2D eigenvalue weighted by Crippen LogP contribution is -2.44. The van der Waals surface area contributed by atoms with Gasteiger partial charge in [-0.1, -0.05) is 20.3 Å². The molecule has 0 aliphatic carbocycles. The number of nitrogens with zero attached hydrogens (tertiary/aromatic N) is 4. The number of aryl methyl sites for hydroxylation is 1. The van der Waals surface area contributed by atoms with Crippen LogP contribution in [0, 0.1) is 0 Å². The van der Waals surface area contributed by atoms with Crippen molar-refractivity contribution in [2.24, 2.45) is 7.05 Å². The molecule has 3 rings (SSSR count). The maximum absolute atomic E-state index is 13.0. The van der Waals surface area contributed by atoms with E-state index in [4.69, 9.17) is 4.74 Å². The molecule has 0 radical (unpaired) electrons. The molecule has 1 aromatic heterocycles. The van der Waals surface area contributed by atoms with E-state index in [0.717, 1.165) is 44.9 Å². The van der Waals surface area contributed by atoms with Crippen LogP contribution in [-0.2, 0) is 11.8 Å². The minimum absolute atomic E-state index is 0.0797. The molecule has 1 amide bonds. The number of carbonyl (C=O) groups is 1. The van der Waals surface area contributed by atoms with Gasteiger partial charge in [-0.15, -0.1) is 0 Å². The smallest absolute Gasteiger partial charge is 0.272 e. The Morgan fingerprint density at radius 3 is 2.68 bits per heavy atom. The van der Waals surface area contributed by atoms with Crippen molar-refractivity contribution < 1.29 is 9.53 Å². The Morgan fingerprint density at radius 2 is 2.00 bits per heavy atom. The van der Waals surface area contributed by atoms with Crippen LogP contribution in [0.4, 0.5) is 0 Å². The minimum atomic E-state index is 0.0797. The van der Waals surface area contributed by atoms with Gasteiger partial charge in [-0.05, 0) is 44.3 Å². The van der Waals surface area contributed by atoms with Crippen LogP contribution in [0.2, 0.25) is 0 Å². The molecule has 25 heavy (non-hydrogen) atoms. The Balaban J connectivity index is 1.66. The van der Waals surface area contributed by atoms with E-state index in [1.165, 1.54) is 19.3 Å². The first kappa shape index (κ1) is 18.4. The maximum atomic E-state index is 13.0. The van der Waals surface area contributed by atoms with Crippen molar-refractivity contribution in [3.8, 4) is 0 Å². The number of ether oxygens (including phenoxy) is 1. The van der Waals surface area contributed by atoms with Crippen LogP contribution in [0.15, 0.2) is 6.07 Å². The Morgan fingerprint density at radius 1 is 1.24 bits per heavy atom. The molecule has 3 heterocycles. The molecular formula is C19H32N4O2. The van der Waals surface area contributed by atoms with Crippen molar-refractivity contribution >= 4 is 5.91 Å². The fraction of sp³-hybridized carbons (Fsp3) is 0.789. The quantitative estimate of drug-likeness (QED) is 0.837. The fourth-order valence-corrected chi connectivity index (χ4v) is 3.75. The van der Waals surface area contributed by atoms with Gasteiger partial charge in [0.25, 0.3) is 5.91 Å². The average Bonchev–Trinajstić information content (AvgIpc) is 2.84. The van der Waals surface area contributed by atoms with E-state index in [-0.39, 0.29) is 12.0 Å². The Labute approximate surface area is 151 Å². The van der Waals surface area contributed by atoms with E-state index in [9.17, 15) is 4.79 Å². The monoisotopic (exact) mass is 348 g/mol. The third kappa shape index (κ3) is 4.61. The van der Waals surface area contributed by atoms with Gasteiger partial charge in [0.15, 0.2) is 0 Å². The Bertz CT molecular complexity index is 578. The number of hydrogen-bond donors (Lipinski definition) is 0. The lowest BCUT2D eigenvalue weighted by molar-refractivity contribution is 0.0214. The second kappa shape index (κ2) is 8.32. The predicted octanol–water partition coefficient (Wildman–Crippen LogP) is 2.26. The van der Waals surface area contributed by atoms with E-state index in [0.29, 0.717) is 18.2 Å². The Hall–Kier alpha value is -1.40. The lowest BCUT2D eigenvalue weighted by atomic mass is 10.1. The summed E-state index contributed by atoms with van der Waals surface area (Å²) in [5.41, 5.74) is 1.66. The van der Waals surface area contributed by atoms with Crippen molar-refractivity contribution in [3.05, 3.63) is 17.5 Å². The summed E-state index contributed by atoms with van der Waals surface area (Å²) in [6, 6.07) is 1.94. The highest BCUT2D eigenvalue weighted by Crippen LogP contribution is 2.18. The molecule has 2 aliphatic rings. The van der Waals surface area contributed by atoms with Crippen LogP contribution in [0.3, 0.4) is 0 Å².